The van der Waals surface area contributed by atoms with Crippen LogP contribution in [0.4, 0.5) is 4.39 Å². The van der Waals surface area contributed by atoms with Crippen molar-refractivity contribution in [1.29, 1.82) is 0 Å². The summed E-state index contributed by atoms with van der Waals surface area (Å²) in [6.07, 6.45) is 0. The van der Waals surface area contributed by atoms with Crippen LogP contribution in [0.15, 0.2) is 36.4 Å². The predicted octanol–water partition coefficient (Wildman–Crippen LogP) is 3.43. The highest BCUT2D eigenvalue weighted by molar-refractivity contribution is 8.00. The molecular formula is C19H22FNO5S2. The van der Waals surface area contributed by atoms with Crippen LogP contribution in [0.1, 0.15) is 16.5 Å². The average molecular weight is 428 g/mol. The third-order valence-corrected chi connectivity index (χ3v) is 7.65. The first kappa shape index (κ1) is 20.8. The van der Waals surface area contributed by atoms with Gasteiger partial charge in [0.15, 0.2) is 11.5 Å². The van der Waals surface area contributed by atoms with Gasteiger partial charge in [-0.15, -0.1) is 11.8 Å². The number of nitrogens with zero attached hydrogens (tertiary/aromatic N) is 1. The summed E-state index contributed by atoms with van der Waals surface area (Å²) in [6.45, 7) is 0.385. The van der Waals surface area contributed by atoms with E-state index in [9.17, 15) is 12.8 Å². The molecule has 0 spiro atoms. The van der Waals surface area contributed by atoms with E-state index in [0.717, 1.165) is 0 Å². The van der Waals surface area contributed by atoms with Gasteiger partial charge in [-0.25, -0.2) is 12.8 Å². The Labute approximate surface area is 168 Å². The molecule has 0 aromatic heterocycles. The molecule has 2 aromatic carbocycles. The zero-order chi connectivity index (χ0) is 20.3. The summed E-state index contributed by atoms with van der Waals surface area (Å²) in [5, 5.41) is -0.444. The van der Waals surface area contributed by atoms with E-state index < -0.39 is 21.2 Å². The number of halogens is 1. The third-order valence-electron chi connectivity index (χ3n) is 4.47. The van der Waals surface area contributed by atoms with Crippen LogP contribution in [0.5, 0.6) is 17.2 Å². The van der Waals surface area contributed by atoms with Crippen LogP contribution in [0, 0.1) is 5.82 Å². The largest absolute Gasteiger partial charge is 0.496 e. The first-order chi connectivity index (χ1) is 13.4. The molecule has 1 aliphatic heterocycles. The lowest BCUT2D eigenvalue weighted by Crippen LogP contribution is -2.31. The molecule has 1 heterocycles. The molecule has 0 amide bonds. The smallest absolute Gasteiger partial charge is 0.219 e. The fourth-order valence-electron chi connectivity index (χ4n) is 3.10. The number of thioether (sulfide) groups is 1. The molecule has 0 N–H and O–H groups in total. The maximum Gasteiger partial charge on any atom is 0.219 e. The molecule has 1 fully saturated rings. The monoisotopic (exact) mass is 427 g/mol. The maximum absolute atomic E-state index is 13.1. The van der Waals surface area contributed by atoms with E-state index in [1.54, 1.807) is 12.1 Å². The molecule has 28 heavy (non-hydrogen) atoms. The van der Waals surface area contributed by atoms with Crippen LogP contribution >= 0.6 is 11.8 Å². The molecule has 0 aliphatic carbocycles. The predicted molar refractivity (Wildman–Crippen MR) is 107 cm³/mol. The summed E-state index contributed by atoms with van der Waals surface area (Å²) in [5.74, 6) is 1.60. The van der Waals surface area contributed by atoms with Gasteiger partial charge < -0.3 is 14.2 Å². The Morgan fingerprint density at radius 3 is 2.25 bits per heavy atom. The number of methoxy groups -OCH3 is 3. The molecule has 9 heteroatoms. The number of benzene rings is 2. The van der Waals surface area contributed by atoms with Crippen molar-refractivity contribution in [2.45, 2.75) is 11.1 Å². The molecule has 1 aliphatic rings. The first-order valence-electron chi connectivity index (χ1n) is 8.55. The number of sulfonamides is 1. The Bertz CT molecular complexity index is 934. The Morgan fingerprint density at radius 1 is 1.04 bits per heavy atom. The van der Waals surface area contributed by atoms with Gasteiger partial charge in [0.1, 0.15) is 11.6 Å². The highest BCUT2D eigenvalue weighted by atomic mass is 32.2. The second kappa shape index (κ2) is 8.59. The zero-order valence-corrected chi connectivity index (χ0v) is 17.5. The topological polar surface area (TPSA) is 65.1 Å². The standard InChI is InChI=1S/C19H22FNO5S2/c1-24-16-11-18(26-3)17(25-2)10-15(16)19-21(8-9-27-19)28(22,23)12-13-4-6-14(20)7-5-13/h4-7,10-11,19H,8-9,12H2,1-3H3. The van der Waals surface area contributed by atoms with Gasteiger partial charge in [0.05, 0.1) is 32.5 Å². The summed E-state index contributed by atoms with van der Waals surface area (Å²) >= 11 is 1.52. The van der Waals surface area contributed by atoms with E-state index in [1.807, 2.05) is 0 Å². The normalized spacial score (nSPS) is 17.5. The minimum Gasteiger partial charge on any atom is -0.496 e. The lowest BCUT2D eigenvalue weighted by Gasteiger charge is -2.25. The van der Waals surface area contributed by atoms with Crippen molar-refractivity contribution in [3.63, 3.8) is 0 Å². The summed E-state index contributed by atoms with van der Waals surface area (Å²) < 4.78 is 56.9. The molecule has 2 aromatic rings. The van der Waals surface area contributed by atoms with Crippen molar-refractivity contribution in [1.82, 2.24) is 4.31 Å². The highest BCUT2D eigenvalue weighted by Crippen LogP contribution is 2.47. The number of hydrogen-bond donors (Lipinski definition) is 0. The van der Waals surface area contributed by atoms with Crippen LogP contribution in [-0.2, 0) is 15.8 Å². The maximum atomic E-state index is 13.1. The molecule has 0 saturated carbocycles. The zero-order valence-electron chi connectivity index (χ0n) is 15.8. The van der Waals surface area contributed by atoms with Gasteiger partial charge in [-0.3, -0.25) is 0 Å². The Hall–Kier alpha value is -1.97. The second-order valence-corrected chi connectivity index (χ2v) is 9.28. The molecule has 0 bridgehead atoms. The Balaban J connectivity index is 1.95. The van der Waals surface area contributed by atoms with E-state index in [1.165, 1.54) is 61.7 Å². The van der Waals surface area contributed by atoms with Gasteiger partial charge in [-0.1, -0.05) is 12.1 Å². The van der Waals surface area contributed by atoms with E-state index in [2.05, 4.69) is 0 Å². The molecule has 1 atom stereocenters. The lowest BCUT2D eigenvalue weighted by atomic mass is 10.1. The molecule has 3 rings (SSSR count). The Morgan fingerprint density at radius 2 is 1.64 bits per heavy atom. The molecule has 1 unspecified atom stereocenters. The SMILES string of the molecule is COc1cc(OC)c(C2SCCN2S(=O)(=O)Cc2ccc(F)cc2)cc1OC. The summed E-state index contributed by atoms with van der Waals surface area (Å²) in [7, 11) is 0.964. The molecule has 0 radical (unpaired) electrons. The minimum atomic E-state index is -3.62. The molecule has 1 saturated heterocycles. The van der Waals surface area contributed by atoms with Gasteiger partial charge in [0.25, 0.3) is 0 Å². The number of ether oxygens (including phenoxy) is 3. The molecule has 6 nitrogen and oxygen atoms in total. The highest BCUT2D eigenvalue weighted by Gasteiger charge is 2.38. The van der Waals surface area contributed by atoms with Gasteiger partial charge in [0.2, 0.25) is 10.0 Å². The third kappa shape index (κ3) is 4.21. The minimum absolute atomic E-state index is 0.194. The van der Waals surface area contributed by atoms with Crippen LogP contribution in [0.25, 0.3) is 0 Å². The van der Waals surface area contributed by atoms with Gasteiger partial charge in [-0.05, 0) is 23.8 Å². The fourth-order valence-corrected chi connectivity index (χ4v) is 6.51. The van der Waals surface area contributed by atoms with E-state index in [-0.39, 0.29) is 5.75 Å². The second-order valence-electron chi connectivity index (χ2n) is 6.17. The lowest BCUT2D eigenvalue weighted by molar-refractivity contribution is 0.344. The first-order valence-corrected chi connectivity index (χ1v) is 11.2. The van der Waals surface area contributed by atoms with Crippen LogP contribution in [0.3, 0.4) is 0 Å². The number of rotatable bonds is 7. The van der Waals surface area contributed by atoms with Crippen molar-refractivity contribution >= 4 is 21.8 Å². The Kier molecular flexibility index (Phi) is 6.36. The van der Waals surface area contributed by atoms with Crippen LogP contribution < -0.4 is 14.2 Å². The van der Waals surface area contributed by atoms with Crippen LogP contribution in [0.2, 0.25) is 0 Å². The fraction of sp³-hybridized carbons (Fsp3) is 0.368. The van der Waals surface area contributed by atoms with Crippen molar-refractivity contribution in [2.24, 2.45) is 0 Å². The van der Waals surface area contributed by atoms with Crippen molar-refractivity contribution in [2.75, 3.05) is 33.6 Å². The molecular weight excluding hydrogens is 405 g/mol. The summed E-state index contributed by atoms with van der Waals surface area (Å²) in [4.78, 5) is 0. The quantitative estimate of drug-likeness (QED) is 0.675. The summed E-state index contributed by atoms with van der Waals surface area (Å²) in [6, 6.07) is 8.94. The van der Waals surface area contributed by atoms with Crippen LogP contribution in [-0.4, -0.2) is 46.4 Å². The van der Waals surface area contributed by atoms with Crippen molar-refractivity contribution in [3.05, 3.63) is 53.3 Å². The van der Waals surface area contributed by atoms with Crippen molar-refractivity contribution in [3.8, 4) is 17.2 Å². The van der Waals surface area contributed by atoms with Gasteiger partial charge >= 0.3 is 0 Å². The summed E-state index contributed by atoms with van der Waals surface area (Å²) in [5.41, 5.74) is 1.24. The number of hydrogen-bond acceptors (Lipinski definition) is 6. The van der Waals surface area contributed by atoms with E-state index in [4.69, 9.17) is 14.2 Å². The molecule has 152 valence electrons. The van der Waals surface area contributed by atoms with Gasteiger partial charge in [-0.2, -0.15) is 4.31 Å². The van der Waals surface area contributed by atoms with E-state index in [0.29, 0.717) is 40.7 Å². The van der Waals surface area contributed by atoms with Gasteiger partial charge in [0, 0.05) is 23.9 Å². The average Bonchev–Trinajstić information content (AvgIpc) is 3.19. The van der Waals surface area contributed by atoms with Crippen molar-refractivity contribution < 1.29 is 27.0 Å². The van der Waals surface area contributed by atoms with E-state index >= 15 is 0 Å².